The Morgan fingerprint density at radius 3 is 2.54 bits per heavy atom. The predicted molar refractivity (Wildman–Crippen MR) is 98.7 cm³/mol. The number of anilines is 1. The van der Waals surface area contributed by atoms with Gasteiger partial charge in [0, 0.05) is 32.7 Å². The molecule has 1 aliphatic rings. The summed E-state index contributed by atoms with van der Waals surface area (Å²) in [5.41, 5.74) is 3.37. The van der Waals surface area contributed by atoms with E-state index in [4.69, 9.17) is 11.6 Å². The zero-order valence-electron chi connectivity index (χ0n) is 13.8. The van der Waals surface area contributed by atoms with Crippen molar-refractivity contribution in [3.63, 3.8) is 0 Å². The lowest BCUT2D eigenvalue weighted by atomic mass is 10.1. The van der Waals surface area contributed by atoms with E-state index in [2.05, 4.69) is 29.3 Å². The molecule has 0 aliphatic carbocycles. The molecule has 5 heteroatoms. The second kappa shape index (κ2) is 7.58. The summed E-state index contributed by atoms with van der Waals surface area (Å²) < 4.78 is 0. The lowest BCUT2D eigenvalue weighted by Gasteiger charge is -2.36. The first-order chi connectivity index (χ1) is 11.6. The molecule has 2 amide bonds. The van der Waals surface area contributed by atoms with Crippen LogP contribution in [-0.2, 0) is 6.54 Å². The van der Waals surface area contributed by atoms with Gasteiger partial charge in [0.2, 0.25) is 0 Å². The molecular weight excluding hydrogens is 322 g/mol. The highest BCUT2D eigenvalue weighted by Crippen LogP contribution is 2.25. The molecule has 0 bridgehead atoms. The summed E-state index contributed by atoms with van der Waals surface area (Å²) in [4.78, 5) is 16.4. The molecule has 1 heterocycles. The van der Waals surface area contributed by atoms with Gasteiger partial charge in [0.25, 0.3) is 0 Å². The molecule has 2 aromatic rings. The van der Waals surface area contributed by atoms with E-state index >= 15 is 0 Å². The van der Waals surface area contributed by atoms with Crippen molar-refractivity contribution in [2.45, 2.75) is 13.5 Å². The molecule has 1 aliphatic heterocycles. The van der Waals surface area contributed by atoms with E-state index in [1.54, 1.807) is 0 Å². The molecule has 0 saturated carbocycles. The van der Waals surface area contributed by atoms with Gasteiger partial charge in [-0.15, -0.1) is 0 Å². The van der Waals surface area contributed by atoms with E-state index in [0.717, 1.165) is 29.4 Å². The number of rotatable bonds is 3. The number of urea groups is 1. The molecule has 4 nitrogen and oxygen atoms in total. The number of aryl methyl sites for hydroxylation is 1. The van der Waals surface area contributed by atoms with E-state index in [0.29, 0.717) is 19.6 Å². The Morgan fingerprint density at radius 1 is 1.08 bits per heavy atom. The number of carbonyl (C=O) groups is 1. The fourth-order valence-electron chi connectivity index (χ4n) is 2.97. The maximum Gasteiger partial charge on any atom is 0.317 e. The Morgan fingerprint density at radius 2 is 1.83 bits per heavy atom. The van der Waals surface area contributed by atoms with Crippen LogP contribution in [0, 0.1) is 6.92 Å². The Labute approximate surface area is 148 Å². The fraction of sp³-hybridized carbons (Fsp3) is 0.316. The summed E-state index contributed by atoms with van der Waals surface area (Å²) in [5.74, 6) is 0. The quantitative estimate of drug-likeness (QED) is 0.922. The van der Waals surface area contributed by atoms with E-state index in [1.807, 2.05) is 41.3 Å². The van der Waals surface area contributed by atoms with Gasteiger partial charge in [-0.3, -0.25) is 0 Å². The standard InChI is InChI=1S/C19H22ClN3O/c1-15-5-4-6-16(13-15)14-21-19(24)23-11-9-22(10-12-23)18-8-3-2-7-17(18)20/h2-8,13H,9-12,14H2,1H3,(H,21,24). The van der Waals surface area contributed by atoms with Gasteiger partial charge in [-0.05, 0) is 24.6 Å². The highest BCUT2D eigenvalue weighted by molar-refractivity contribution is 6.33. The first-order valence-corrected chi connectivity index (χ1v) is 8.59. The molecule has 3 rings (SSSR count). The molecule has 1 fully saturated rings. The van der Waals surface area contributed by atoms with Gasteiger partial charge in [-0.1, -0.05) is 53.6 Å². The SMILES string of the molecule is Cc1cccc(CNC(=O)N2CCN(c3ccccc3Cl)CC2)c1. The van der Waals surface area contributed by atoms with Crippen LogP contribution in [0.25, 0.3) is 0 Å². The van der Waals surface area contributed by atoms with Gasteiger partial charge in [-0.2, -0.15) is 0 Å². The number of piperazine rings is 1. The van der Waals surface area contributed by atoms with Crippen molar-refractivity contribution in [2.75, 3.05) is 31.1 Å². The molecule has 0 unspecified atom stereocenters. The Balaban J connectivity index is 1.51. The van der Waals surface area contributed by atoms with Crippen LogP contribution in [0.3, 0.4) is 0 Å². The Hall–Kier alpha value is -2.20. The third kappa shape index (κ3) is 4.01. The molecule has 0 spiro atoms. The summed E-state index contributed by atoms with van der Waals surface area (Å²) in [6.07, 6.45) is 0. The molecule has 1 N–H and O–H groups in total. The minimum atomic E-state index is -0.00434. The number of hydrogen-bond donors (Lipinski definition) is 1. The van der Waals surface area contributed by atoms with Gasteiger partial charge in [0.15, 0.2) is 0 Å². The number of nitrogens with one attached hydrogen (secondary N) is 1. The highest BCUT2D eigenvalue weighted by atomic mass is 35.5. The maximum atomic E-state index is 12.3. The molecule has 2 aromatic carbocycles. The van der Waals surface area contributed by atoms with Gasteiger partial charge in [0.05, 0.1) is 10.7 Å². The van der Waals surface area contributed by atoms with Crippen LogP contribution in [-0.4, -0.2) is 37.1 Å². The van der Waals surface area contributed by atoms with E-state index in [-0.39, 0.29) is 6.03 Å². The second-order valence-corrected chi connectivity index (χ2v) is 6.48. The Bertz CT molecular complexity index is 711. The van der Waals surface area contributed by atoms with Gasteiger partial charge in [-0.25, -0.2) is 4.79 Å². The Kier molecular flexibility index (Phi) is 5.26. The van der Waals surface area contributed by atoms with Crippen molar-refractivity contribution in [3.05, 3.63) is 64.7 Å². The van der Waals surface area contributed by atoms with Crippen LogP contribution in [0.1, 0.15) is 11.1 Å². The van der Waals surface area contributed by atoms with Crippen molar-refractivity contribution in [3.8, 4) is 0 Å². The monoisotopic (exact) mass is 343 g/mol. The van der Waals surface area contributed by atoms with Crippen LogP contribution in [0.5, 0.6) is 0 Å². The van der Waals surface area contributed by atoms with E-state index < -0.39 is 0 Å². The molecule has 126 valence electrons. The summed E-state index contributed by atoms with van der Waals surface area (Å²) in [7, 11) is 0. The second-order valence-electron chi connectivity index (χ2n) is 6.07. The third-order valence-electron chi connectivity index (χ3n) is 4.29. The van der Waals surface area contributed by atoms with E-state index in [9.17, 15) is 4.79 Å². The van der Waals surface area contributed by atoms with Crippen LogP contribution in [0.15, 0.2) is 48.5 Å². The minimum absolute atomic E-state index is 0.00434. The van der Waals surface area contributed by atoms with Gasteiger partial charge in [0.1, 0.15) is 0 Å². The number of carbonyl (C=O) groups excluding carboxylic acids is 1. The number of halogens is 1. The third-order valence-corrected chi connectivity index (χ3v) is 4.61. The fourth-order valence-corrected chi connectivity index (χ4v) is 3.23. The molecule has 0 atom stereocenters. The number of hydrogen-bond acceptors (Lipinski definition) is 2. The average Bonchev–Trinajstić information content (AvgIpc) is 2.60. The van der Waals surface area contributed by atoms with Crippen molar-refractivity contribution in [2.24, 2.45) is 0 Å². The molecule has 0 aromatic heterocycles. The topological polar surface area (TPSA) is 35.6 Å². The summed E-state index contributed by atoms with van der Waals surface area (Å²) in [6.45, 7) is 5.60. The molecule has 1 saturated heterocycles. The first kappa shape index (κ1) is 16.7. The smallest absolute Gasteiger partial charge is 0.317 e. The highest BCUT2D eigenvalue weighted by Gasteiger charge is 2.22. The number of amides is 2. The molecular formula is C19H22ClN3O. The van der Waals surface area contributed by atoms with E-state index in [1.165, 1.54) is 5.56 Å². The zero-order valence-corrected chi connectivity index (χ0v) is 14.6. The van der Waals surface area contributed by atoms with Gasteiger partial charge >= 0.3 is 6.03 Å². The maximum absolute atomic E-state index is 12.3. The zero-order chi connectivity index (χ0) is 16.9. The number of benzene rings is 2. The van der Waals surface area contributed by atoms with Crippen LogP contribution < -0.4 is 10.2 Å². The first-order valence-electron chi connectivity index (χ1n) is 8.21. The lowest BCUT2D eigenvalue weighted by molar-refractivity contribution is 0.194. The number of nitrogens with zero attached hydrogens (tertiary/aromatic N) is 2. The van der Waals surface area contributed by atoms with Gasteiger partial charge < -0.3 is 15.1 Å². The van der Waals surface area contributed by atoms with Crippen LogP contribution >= 0.6 is 11.6 Å². The predicted octanol–water partition coefficient (Wildman–Crippen LogP) is 3.68. The minimum Gasteiger partial charge on any atom is -0.367 e. The van der Waals surface area contributed by atoms with Crippen molar-refractivity contribution in [1.82, 2.24) is 10.2 Å². The number of para-hydroxylation sites is 1. The van der Waals surface area contributed by atoms with Crippen LogP contribution in [0.2, 0.25) is 5.02 Å². The summed E-state index contributed by atoms with van der Waals surface area (Å²) >= 11 is 6.25. The average molecular weight is 344 g/mol. The van der Waals surface area contributed by atoms with Crippen molar-refractivity contribution < 1.29 is 4.79 Å². The van der Waals surface area contributed by atoms with Crippen molar-refractivity contribution in [1.29, 1.82) is 0 Å². The largest absolute Gasteiger partial charge is 0.367 e. The summed E-state index contributed by atoms with van der Waals surface area (Å²) in [6, 6.07) is 16.0. The molecule has 24 heavy (non-hydrogen) atoms. The molecule has 0 radical (unpaired) electrons. The normalized spacial score (nSPS) is 14.6. The van der Waals surface area contributed by atoms with Crippen LogP contribution in [0.4, 0.5) is 10.5 Å². The summed E-state index contributed by atoms with van der Waals surface area (Å²) in [5, 5.41) is 3.76. The van der Waals surface area contributed by atoms with Crippen molar-refractivity contribution >= 4 is 23.3 Å². The lowest BCUT2D eigenvalue weighted by Crippen LogP contribution is -2.51.